The summed E-state index contributed by atoms with van der Waals surface area (Å²) in [6.07, 6.45) is 7.50. The van der Waals surface area contributed by atoms with Gasteiger partial charge in [-0.05, 0) is 75.9 Å². The van der Waals surface area contributed by atoms with Crippen molar-refractivity contribution in [2.45, 2.75) is 12.3 Å². The molecular formula is C49H31N3O2. The number of rotatable bonds is 5. The lowest BCUT2D eigenvalue weighted by Crippen LogP contribution is -2.08. The van der Waals surface area contributed by atoms with Gasteiger partial charge in [0.15, 0.2) is 11.6 Å². The number of aromatic nitrogens is 3. The number of furan rings is 2. The molecule has 0 spiro atoms. The van der Waals surface area contributed by atoms with Gasteiger partial charge in [-0.2, -0.15) is 0 Å². The number of hydrogen-bond donors (Lipinski definition) is 0. The fourth-order valence-corrected chi connectivity index (χ4v) is 7.98. The molecule has 0 amide bonds. The Kier molecular flexibility index (Phi) is 6.92. The number of para-hydroxylation sites is 1. The summed E-state index contributed by atoms with van der Waals surface area (Å²) in [6, 6.07) is 52.3. The van der Waals surface area contributed by atoms with Gasteiger partial charge in [0.1, 0.15) is 28.2 Å². The molecule has 3 heterocycles. The molecule has 1 aliphatic rings. The summed E-state index contributed by atoms with van der Waals surface area (Å²) in [6.45, 7) is 0. The highest BCUT2D eigenvalue weighted by Crippen LogP contribution is 2.43. The average molecular weight is 694 g/mol. The van der Waals surface area contributed by atoms with Gasteiger partial charge in [-0.1, -0.05) is 133 Å². The number of allylic oxidation sites excluding steroid dienone is 4. The van der Waals surface area contributed by atoms with E-state index in [0.717, 1.165) is 83.8 Å². The van der Waals surface area contributed by atoms with Crippen molar-refractivity contribution in [3.8, 4) is 33.9 Å². The predicted molar refractivity (Wildman–Crippen MR) is 219 cm³/mol. The minimum Gasteiger partial charge on any atom is -0.456 e. The molecule has 0 aliphatic heterocycles. The molecule has 0 N–H and O–H groups in total. The van der Waals surface area contributed by atoms with Crippen molar-refractivity contribution in [3.63, 3.8) is 0 Å². The van der Waals surface area contributed by atoms with Crippen LogP contribution in [0.2, 0.25) is 0 Å². The van der Waals surface area contributed by atoms with Crippen molar-refractivity contribution in [3.05, 3.63) is 181 Å². The Bertz CT molecular complexity index is 3150. The highest BCUT2D eigenvalue weighted by Gasteiger charge is 2.23. The van der Waals surface area contributed by atoms with E-state index in [9.17, 15) is 0 Å². The second-order valence-electron chi connectivity index (χ2n) is 13.9. The van der Waals surface area contributed by atoms with Crippen LogP contribution in [-0.2, 0) is 0 Å². The van der Waals surface area contributed by atoms with Crippen LogP contribution in [0.25, 0.3) is 94.1 Å². The van der Waals surface area contributed by atoms with Crippen molar-refractivity contribution in [2.24, 2.45) is 0 Å². The fraction of sp³-hybridized carbons (Fsp3) is 0.0408. The molecular weight excluding hydrogens is 663 g/mol. The van der Waals surface area contributed by atoms with Crippen LogP contribution in [0.3, 0.4) is 0 Å². The first-order chi connectivity index (χ1) is 26.7. The zero-order chi connectivity index (χ0) is 35.6. The predicted octanol–water partition coefficient (Wildman–Crippen LogP) is 13.0. The van der Waals surface area contributed by atoms with Crippen molar-refractivity contribution in [1.29, 1.82) is 0 Å². The molecule has 0 bridgehead atoms. The smallest absolute Gasteiger partial charge is 0.164 e. The van der Waals surface area contributed by atoms with E-state index in [2.05, 4.69) is 133 Å². The lowest BCUT2D eigenvalue weighted by Gasteiger charge is -2.17. The quantitative estimate of drug-likeness (QED) is 0.179. The van der Waals surface area contributed by atoms with Gasteiger partial charge in [0.2, 0.25) is 0 Å². The van der Waals surface area contributed by atoms with Crippen molar-refractivity contribution in [2.75, 3.05) is 0 Å². The zero-order valence-electron chi connectivity index (χ0n) is 29.1. The van der Waals surface area contributed by atoms with E-state index in [1.165, 1.54) is 16.5 Å². The van der Waals surface area contributed by atoms with E-state index in [-0.39, 0.29) is 5.92 Å². The zero-order valence-corrected chi connectivity index (χ0v) is 29.1. The normalized spacial score (nSPS) is 14.4. The maximum absolute atomic E-state index is 6.57. The summed E-state index contributed by atoms with van der Waals surface area (Å²) >= 11 is 0. The van der Waals surface area contributed by atoms with E-state index < -0.39 is 0 Å². The van der Waals surface area contributed by atoms with Crippen LogP contribution < -0.4 is 0 Å². The summed E-state index contributed by atoms with van der Waals surface area (Å²) in [5, 5.41) is 6.50. The number of nitrogens with zero attached hydrogens (tertiary/aromatic N) is 3. The van der Waals surface area contributed by atoms with E-state index in [0.29, 0.717) is 11.6 Å². The summed E-state index contributed by atoms with van der Waals surface area (Å²) in [4.78, 5) is 15.7. The molecule has 54 heavy (non-hydrogen) atoms. The Balaban J connectivity index is 1.10. The standard InChI is InChI=1S/C49H31N3O2/c1-2-10-30(11-3-1)32-20-23-33(24-21-32)47-50-48(36-25-22-31-12-4-5-13-34(31)28-36)52-49(51-47)39-16-9-19-44-46(39)45-37(15-8-18-43(45)54-44)35-26-27-42-40(29-35)38-14-6-7-17-41(38)53-42/h1-23,25-29,33H,24H2. The number of fused-ring (bicyclic) bond motifs is 7. The van der Waals surface area contributed by atoms with Crippen LogP contribution in [-0.4, -0.2) is 15.0 Å². The SMILES string of the molecule is C1=CC(c2nc(-c3ccc4ccccc4c3)nc(-c3cccc4oc5cccc(-c6ccc7oc8ccccc8c7c6)c5c34)n2)CC=C1c1ccccc1. The molecule has 5 nitrogen and oxygen atoms in total. The topological polar surface area (TPSA) is 65.0 Å². The lowest BCUT2D eigenvalue weighted by atomic mass is 9.92. The van der Waals surface area contributed by atoms with Crippen LogP contribution in [0, 0.1) is 0 Å². The maximum Gasteiger partial charge on any atom is 0.164 e. The molecule has 0 fully saturated rings. The van der Waals surface area contributed by atoms with Crippen LogP contribution in [0.15, 0.2) is 179 Å². The first kappa shape index (κ1) is 30.5. The number of hydrogen-bond acceptors (Lipinski definition) is 5. The third-order valence-electron chi connectivity index (χ3n) is 10.6. The van der Waals surface area contributed by atoms with Gasteiger partial charge in [-0.3, -0.25) is 0 Å². The van der Waals surface area contributed by atoms with E-state index in [1.54, 1.807) is 0 Å². The molecule has 1 unspecified atom stereocenters. The molecule has 3 aromatic heterocycles. The molecule has 254 valence electrons. The first-order valence-electron chi connectivity index (χ1n) is 18.3. The van der Waals surface area contributed by atoms with Crippen LogP contribution >= 0.6 is 0 Å². The Hall–Kier alpha value is -7.11. The summed E-state index contributed by atoms with van der Waals surface area (Å²) in [5.41, 5.74) is 9.76. The second kappa shape index (κ2) is 12.2. The first-order valence-corrected chi connectivity index (χ1v) is 18.3. The van der Waals surface area contributed by atoms with Crippen molar-refractivity contribution in [1.82, 2.24) is 15.0 Å². The number of benzene rings is 7. The Labute approximate surface area is 310 Å². The summed E-state index contributed by atoms with van der Waals surface area (Å²) in [7, 11) is 0. The highest BCUT2D eigenvalue weighted by atomic mass is 16.3. The van der Waals surface area contributed by atoms with Crippen molar-refractivity contribution >= 4 is 60.2 Å². The highest BCUT2D eigenvalue weighted by molar-refractivity contribution is 6.18. The average Bonchev–Trinajstić information content (AvgIpc) is 3.82. The minimum atomic E-state index is -0.00853. The third-order valence-corrected chi connectivity index (χ3v) is 10.6. The van der Waals surface area contributed by atoms with Crippen LogP contribution in [0.1, 0.15) is 23.7 Å². The maximum atomic E-state index is 6.57. The molecule has 0 saturated heterocycles. The molecule has 11 rings (SSSR count). The van der Waals surface area contributed by atoms with Gasteiger partial charge in [-0.15, -0.1) is 0 Å². The van der Waals surface area contributed by atoms with Gasteiger partial charge in [0, 0.05) is 38.6 Å². The summed E-state index contributed by atoms with van der Waals surface area (Å²) in [5.74, 6) is 2.00. The Morgan fingerprint density at radius 2 is 1.15 bits per heavy atom. The molecule has 1 atom stereocenters. The Morgan fingerprint density at radius 1 is 0.463 bits per heavy atom. The molecule has 5 heteroatoms. The molecule has 0 radical (unpaired) electrons. The minimum absolute atomic E-state index is 0.00853. The van der Waals surface area contributed by atoms with Gasteiger partial charge in [-0.25, -0.2) is 15.0 Å². The molecule has 7 aromatic carbocycles. The Morgan fingerprint density at radius 3 is 2.00 bits per heavy atom. The van der Waals surface area contributed by atoms with Gasteiger partial charge >= 0.3 is 0 Å². The summed E-state index contributed by atoms with van der Waals surface area (Å²) < 4.78 is 12.7. The second-order valence-corrected chi connectivity index (χ2v) is 13.9. The van der Waals surface area contributed by atoms with E-state index in [1.807, 2.05) is 36.4 Å². The molecule has 10 aromatic rings. The van der Waals surface area contributed by atoms with Gasteiger partial charge in [0.05, 0.1) is 0 Å². The monoisotopic (exact) mass is 693 g/mol. The van der Waals surface area contributed by atoms with E-state index >= 15 is 0 Å². The molecule has 0 saturated carbocycles. The largest absolute Gasteiger partial charge is 0.456 e. The van der Waals surface area contributed by atoms with E-state index in [4.69, 9.17) is 23.8 Å². The van der Waals surface area contributed by atoms with Crippen molar-refractivity contribution < 1.29 is 8.83 Å². The fourth-order valence-electron chi connectivity index (χ4n) is 7.98. The molecule has 1 aliphatic carbocycles. The van der Waals surface area contributed by atoms with Crippen LogP contribution in [0.5, 0.6) is 0 Å². The van der Waals surface area contributed by atoms with Gasteiger partial charge in [0.25, 0.3) is 0 Å². The van der Waals surface area contributed by atoms with Crippen LogP contribution in [0.4, 0.5) is 0 Å². The third kappa shape index (κ3) is 5.05. The van der Waals surface area contributed by atoms with Gasteiger partial charge < -0.3 is 8.83 Å². The lowest BCUT2D eigenvalue weighted by molar-refractivity contribution is 0.669.